The van der Waals surface area contributed by atoms with E-state index in [-0.39, 0.29) is 11.4 Å². The third kappa shape index (κ3) is 2.37. The van der Waals surface area contributed by atoms with Crippen LogP contribution in [0.2, 0.25) is 0 Å². The van der Waals surface area contributed by atoms with Crippen molar-refractivity contribution in [2.75, 3.05) is 0 Å². The molecule has 15 heavy (non-hydrogen) atoms. The van der Waals surface area contributed by atoms with E-state index in [4.69, 9.17) is 0 Å². The molecular weight excluding hydrogens is 190 g/mol. The van der Waals surface area contributed by atoms with Crippen LogP contribution in [0.1, 0.15) is 39.2 Å². The van der Waals surface area contributed by atoms with E-state index in [9.17, 15) is 4.79 Å². The summed E-state index contributed by atoms with van der Waals surface area (Å²) in [6.07, 6.45) is 5.75. The van der Waals surface area contributed by atoms with E-state index in [1.54, 1.807) is 12.4 Å². The molecule has 0 unspecified atom stereocenters. The van der Waals surface area contributed by atoms with Crippen LogP contribution in [-0.4, -0.2) is 21.9 Å². The molecule has 2 rings (SSSR count). The lowest BCUT2D eigenvalue weighted by molar-refractivity contribution is 0.239. The van der Waals surface area contributed by atoms with Crippen molar-refractivity contribution in [1.82, 2.24) is 15.1 Å². The first kappa shape index (κ1) is 10.2. The summed E-state index contributed by atoms with van der Waals surface area (Å²) >= 11 is 0. The zero-order valence-corrected chi connectivity index (χ0v) is 9.45. The highest BCUT2D eigenvalue weighted by Gasteiger charge is 2.25. The van der Waals surface area contributed by atoms with Gasteiger partial charge in [0.1, 0.15) is 0 Å². The highest BCUT2D eigenvalue weighted by molar-refractivity contribution is 5.76. The number of nitrogens with zero attached hydrogens (tertiary/aromatic N) is 2. The van der Waals surface area contributed by atoms with Gasteiger partial charge in [-0.1, -0.05) is 20.8 Å². The molecule has 1 fully saturated rings. The molecule has 1 aliphatic carbocycles. The number of aromatic nitrogens is 2. The minimum Gasteiger partial charge on any atom is -0.333 e. The molecule has 4 heteroatoms. The van der Waals surface area contributed by atoms with Crippen LogP contribution in [0.25, 0.3) is 0 Å². The number of carbonyl (C=O) groups is 1. The molecule has 0 saturated heterocycles. The standard InChI is InChI=1S/C11H17N3O/c1-11(2,3)8-6-12-14(7-8)10(15)13-9-4-5-9/h6-7,9H,4-5H2,1-3H3,(H,13,15). The second-order valence-corrected chi connectivity index (χ2v) is 5.15. The Hall–Kier alpha value is -1.32. The van der Waals surface area contributed by atoms with Gasteiger partial charge in [0.2, 0.25) is 0 Å². The maximum atomic E-state index is 11.6. The number of nitrogens with one attached hydrogen (secondary N) is 1. The van der Waals surface area contributed by atoms with E-state index >= 15 is 0 Å². The second-order valence-electron chi connectivity index (χ2n) is 5.15. The zero-order valence-electron chi connectivity index (χ0n) is 9.45. The molecule has 1 N–H and O–H groups in total. The Morgan fingerprint density at radius 3 is 2.67 bits per heavy atom. The summed E-state index contributed by atoms with van der Waals surface area (Å²) in [4.78, 5) is 11.6. The molecule has 0 aromatic carbocycles. The average Bonchev–Trinajstić information content (AvgIpc) is 2.80. The van der Waals surface area contributed by atoms with E-state index in [1.165, 1.54) is 4.68 Å². The van der Waals surface area contributed by atoms with Crippen molar-refractivity contribution in [3.05, 3.63) is 18.0 Å². The first-order valence-electron chi connectivity index (χ1n) is 5.33. The summed E-state index contributed by atoms with van der Waals surface area (Å²) in [5, 5.41) is 6.96. The average molecular weight is 207 g/mol. The van der Waals surface area contributed by atoms with E-state index < -0.39 is 0 Å². The summed E-state index contributed by atoms with van der Waals surface area (Å²) in [5.41, 5.74) is 1.12. The molecule has 4 nitrogen and oxygen atoms in total. The molecule has 1 aromatic rings. The highest BCUT2D eigenvalue weighted by atomic mass is 16.2. The van der Waals surface area contributed by atoms with Crippen LogP contribution in [0.3, 0.4) is 0 Å². The van der Waals surface area contributed by atoms with Gasteiger partial charge in [0, 0.05) is 12.2 Å². The zero-order chi connectivity index (χ0) is 11.1. The molecule has 0 bridgehead atoms. The van der Waals surface area contributed by atoms with Crippen molar-refractivity contribution in [3.63, 3.8) is 0 Å². The molecule has 0 spiro atoms. The van der Waals surface area contributed by atoms with Crippen LogP contribution >= 0.6 is 0 Å². The molecule has 1 amide bonds. The largest absolute Gasteiger partial charge is 0.342 e. The van der Waals surface area contributed by atoms with Crippen molar-refractivity contribution in [2.45, 2.75) is 45.1 Å². The van der Waals surface area contributed by atoms with Gasteiger partial charge in [-0.25, -0.2) is 4.79 Å². The van der Waals surface area contributed by atoms with Crippen LogP contribution in [0.15, 0.2) is 12.4 Å². The monoisotopic (exact) mass is 207 g/mol. The van der Waals surface area contributed by atoms with Crippen molar-refractivity contribution in [1.29, 1.82) is 0 Å². The number of hydrogen-bond acceptors (Lipinski definition) is 2. The Morgan fingerprint density at radius 2 is 2.20 bits per heavy atom. The Morgan fingerprint density at radius 1 is 1.53 bits per heavy atom. The van der Waals surface area contributed by atoms with Gasteiger partial charge in [-0.3, -0.25) is 0 Å². The fourth-order valence-corrected chi connectivity index (χ4v) is 1.29. The lowest BCUT2D eigenvalue weighted by Crippen LogP contribution is -2.30. The van der Waals surface area contributed by atoms with Crippen molar-refractivity contribution in [2.24, 2.45) is 0 Å². The van der Waals surface area contributed by atoms with Gasteiger partial charge in [0.15, 0.2) is 0 Å². The maximum absolute atomic E-state index is 11.6. The lowest BCUT2D eigenvalue weighted by atomic mass is 9.90. The fraction of sp³-hybridized carbons (Fsp3) is 0.636. The molecule has 0 aliphatic heterocycles. The molecule has 1 heterocycles. The molecule has 1 aromatic heterocycles. The Balaban J connectivity index is 2.08. The third-order valence-corrected chi connectivity index (χ3v) is 2.56. The predicted molar refractivity (Wildman–Crippen MR) is 57.9 cm³/mol. The van der Waals surface area contributed by atoms with Crippen molar-refractivity contribution < 1.29 is 4.79 Å². The van der Waals surface area contributed by atoms with Crippen LogP contribution in [0.5, 0.6) is 0 Å². The summed E-state index contributed by atoms with van der Waals surface area (Å²) in [5.74, 6) is 0. The maximum Gasteiger partial charge on any atom is 0.342 e. The Kier molecular flexibility index (Phi) is 2.29. The molecular formula is C11H17N3O. The number of hydrogen-bond donors (Lipinski definition) is 1. The van der Waals surface area contributed by atoms with Crippen LogP contribution in [-0.2, 0) is 5.41 Å². The molecule has 1 aliphatic rings. The van der Waals surface area contributed by atoms with Gasteiger partial charge >= 0.3 is 6.03 Å². The Bertz CT molecular complexity index is 371. The van der Waals surface area contributed by atoms with E-state index in [2.05, 4.69) is 31.2 Å². The number of amides is 1. The number of rotatable bonds is 1. The van der Waals surface area contributed by atoms with Crippen molar-refractivity contribution in [3.8, 4) is 0 Å². The summed E-state index contributed by atoms with van der Waals surface area (Å²) in [7, 11) is 0. The van der Waals surface area contributed by atoms with E-state index in [1.807, 2.05) is 0 Å². The second kappa shape index (κ2) is 3.36. The minimum atomic E-state index is -0.118. The first-order chi connectivity index (χ1) is 6.97. The Labute approximate surface area is 89.7 Å². The van der Waals surface area contributed by atoms with Crippen LogP contribution in [0.4, 0.5) is 4.79 Å². The summed E-state index contributed by atoms with van der Waals surface area (Å²) < 4.78 is 1.39. The minimum absolute atomic E-state index is 0.0398. The van der Waals surface area contributed by atoms with Gasteiger partial charge in [0.25, 0.3) is 0 Å². The van der Waals surface area contributed by atoms with Gasteiger partial charge in [-0.15, -0.1) is 0 Å². The smallest absolute Gasteiger partial charge is 0.333 e. The normalized spacial score (nSPS) is 16.5. The third-order valence-electron chi connectivity index (χ3n) is 2.56. The van der Waals surface area contributed by atoms with Gasteiger partial charge in [0.05, 0.1) is 6.20 Å². The molecule has 1 saturated carbocycles. The van der Waals surface area contributed by atoms with E-state index in [0.29, 0.717) is 6.04 Å². The SMILES string of the molecule is CC(C)(C)c1cnn(C(=O)NC2CC2)c1. The quantitative estimate of drug-likeness (QED) is 0.764. The number of carbonyl (C=O) groups excluding carboxylic acids is 1. The predicted octanol–water partition coefficient (Wildman–Crippen LogP) is 1.90. The topological polar surface area (TPSA) is 46.9 Å². The lowest BCUT2D eigenvalue weighted by Gasteiger charge is -2.14. The van der Waals surface area contributed by atoms with Crippen LogP contribution < -0.4 is 5.32 Å². The van der Waals surface area contributed by atoms with Crippen LogP contribution in [0, 0.1) is 0 Å². The highest BCUT2D eigenvalue weighted by Crippen LogP contribution is 2.21. The summed E-state index contributed by atoms with van der Waals surface area (Å²) in [6, 6.07) is 0.257. The van der Waals surface area contributed by atoms with E-state index in [0.717, 1.165) is 18.4 Å². The molecule has 0 radical (unpaired) electrons. The summed E-state index contributed by atoms with van der Waals surface area (Å²) in [6.45, 7) is 6.31. The molecule has 0 atom stereocenters. The first-order valence-corrected chi connectivity index (χ1v) is 5.33. The van der Waals surface area contributed by atoms with Gasteiger partial charge in [-0.2, -0.15) is 9.78 Å². The fourth-order valence-electron chi connectivity index (χ4n) is 1.29. The van der Waals surface area contributed by atoms with Gasteiger partial charge in [-0.05, 0) is 23.8 Å². The molecule has 82 valence electrons. The van der Waals surface area contributed by atoms with Crippen molar-refractivity contribution >= 4 is 6.03 Å². The van der Waals surface area contributed by atoms with Gasteiger partial charge < -0.3 is 5.32 Å².